The Kier molecular flexibility index (Phi) is 9.35. The van der Waals surface area contributed by atoms with Gasteiger partial charge in [0.25, 0.3) is 11.8 Å². The lowest BCUT2D eigenvalue weighted by atomic mass is 10.0. The number of carbonyl (C=O) groups excluding carboxylic acids is 5. The number of methoxy groups -OCH3 is 1. The Morgan fingerprint density at radius 2 is 2.00 bits per heavy atom. The lowest BCUT2D eigenvalue weighted by Gasteiger charge is -2.49. The summed E-state index contributed by atoms with van der Waals surface area (Å²) >= 11 is 1.20. The highest BCUT2D eigenvalue weighted by Gasteiger charge is 2.55. The van der Waals surface area contributed by atoms with Crippen LogP contribution < -0.4 is 11.1 Å². The van der Waals surface area contributed by atoms with Crippen LogP contribution in [-0.2, 0) is 43.0 Å². The van der Waals surface area contributed by atoms with Gasteiger partial charge in [-0.1, -0.05) is 5.16 Å². The molecule has 2 unspecified atom stereocenters. The van der Waals surface area contributed by atoms with Crippen molar-refractivity contribution in [3.63, 3.8) is 0 Å². The second-order valence-electron chi connectivity index (χ2n) is 7.81. The zero-order valence-corrected chi connectivity index (χ0v) is 21.6. The van der Waals surface area contributed by atoms with Gasteiger partial charge in [-0.2, -0.15) is 0 Å². The number of ether oxygens (including phenoxy) is 4. The van der Waals surface area contributed by atoms with E-state index in [0.717, 1.165) is 4.90 Å². The number of hydrogen-bond acceptors (Lipinski definition) is 13. The first-order chi connectivity index (χ1) is 18.1. The summed E-state index contributed by atoms with van der Waals surface area (Å²) in [5.74, 6) is -2.93. The predicted molar refractivity (Wildman–Crippen MR) is 128 cm³/mol. The van der Waals surface area contributed by atoms with E-state index in [1.54, 1.807) is 6.07 Å². The number of fused-ring (bicyclic) bond motifs is 1. The van der Waals surface area contributed by atoms with Crippen LogP contribution in [0, 0.1) is 0 Å². The highest BCUT2D eigenvalue weighted by molar-refractivity contribution is 8.00. The van der Waals surface area contributed by atoms with E-state index >= 15 is 0 Å². The zero-order valence-electron chi connectivity index (χ0n) is 20.8. The van der Waals surface area contributed by atoms with Crippen LogP contribution in [0.25, 0.3) is 0 Å². The molecule has 3 heterocycles. The number of esters is 2. The van der Waals surface area contributed by atoms with Crippen molar-refractivity contribution < 1.29 is 52.2 Å². The molecule has 0 bridgehead atoms. The number of thioether (sulfide) groups is 1. The molecule has 0 radical (unpaired) electrons. The summed E-state index contributed by atoms with van der Waals surface area (Å²) in [7, 11) is 2.55. The summed E-state index contributed by atoms with van der Waals surface area (Å²) in [6.07, 6.45) is -1.98. The van der Waals surface area contributed by atoms with Gasteiger partial charge in [0.1, 0.15) is 30.8 Å². The van der Waals surface area contributed by atoms with E-state index in [0.29, 0.717) is 0 Å². The Balaban J connectivity index is 1.78. The number of oxime groups is 1. The molecule has 2 aliphatic rings. The highest BCUT2D eigenvalue weighted by atomic mass is 32.2. The second-order valence-corrected chi connectivity index (χ2v) is 8.91. The molecular formula is C22H26N4O11S. The number of nitrogens with zero attached hydrogens (tertiary/aromatic N) is 2. The number of amides is 3. The average molecular weight is 555 g/mol. The number of hydrogen-bond donors (Lipinski definition) is 2. The molecule has 16 heteroatoms. The third kappa shape index (κ3) is 6.25. The minimum absolute atomic E-state index is 0.116. The smallest absolute Gasteiger partial charge is 0.404 e. The van der Waals surface area contributed by atoms with Crippen LogP contribution >= 0.6 is 11.8 Å². The fourth-order valence-electron chi connectivity index (χ4n) is 3.44. The SMILES string of the molecule is CON=C(C(=O)N[C@@H]1C(=O)N2C(C(=O)OC(C)OC(=O)C(C)OC)=C(COC(N)=O)CS[C@H]12)c1ccco1. The van der Waals surface area contributed by atoms with Crippen LogP contribution in [0.3, 0.4) is 0 Å². The number of furan rings is 1. The molecule has 3 N–H and O–H groups in total. The fourth-order valence-corrected chi connectivity index (χ4v) is 4.77. The first-order valence-corrected chi connectivity index (χ1v) is 12.1. The van der Waals surface area contributed by atoms with Crippen molar-refractivity contribution in [1.29, 1.82) is 0 Å². The standard InChI is InChI=1S/C22H26N4O11S/c1-10(32-3)20(29)36-11(2)37-21(30)16-12(8-35-22(23)31)9-38-19-15(18(28)26(16)19)24-17(27)14(25-33-4)13-6-5-7-34-13/h5-7,10-11,15,19H,8-9H2,1-4H3,(H2,23,31)(H,24,27)/t10?,11?,15-,19-/m1/s1. The van der Waals surface area contributed by atoms with E-state index in [4.69, 9.17) is 33.9 Å². The number of nitrogens with one attached hydrogen (secondary N) is 1. The quantitative estimate of drug-likeness (QED) is 0.121. The minimum atomic E-state index is -1.33. The maximum absolute atomic E-state index is 13.1. The molecule has 0 aromatic carbocycles. The Labute approximate surface area is 220 Å². The Morgan fingerprint density at radius 3 is 2.61 bits per heavy atom. The largest absolute Gasteiger partial charge is 0.462 e. The summed E-state index contributed by atoms with van der Waals surface area (Å²) < 4.78 is 25.1. The molecule has 3 rings (SSSR count). The van der Waals surface area contributed by atoms with Gasteiger partial charge in [-0.25, -0.2) is 14.4 Å². The van der Waals surface area contributed by atoms with Crippen molar-refractivity contribution >= 4 is 47.3 Å². The van der Waals surface area contributed by atoms with Crippen LogP contribution in [0.2, 0.25) is 0 Å². The summed E-state index contributed by atoms with van der Waals surface area (Å²) in [5, 5.41) is 5.52. The highest BCUT2D eigenvalue weighted by Crippen LogP contribution is 2.41. The van der Waals surface area contributed by atoms with Gasteiger partial charge in [0.2, 0.25) is 12.0 Å². The van der Waals surface area contributed by atoms with Gasteiger partial charge in [-0.3, -0.25) is 14.5 Å². The molecule has 0 spiro atoms. The molecule has 1 aromatic heterocycles. The van der Waals surface area contributed by atoms with Crippen LogP contribution in [0.4, 0.5) is 4.79 Å². The van der Waals surface area contributed by atoms with Crippen molar-refractivity contribution in [2.45, 2.75) is 37.7 Å². The zero-order chi connectivity index (χ0) is 28.0. The van der Waals surface area contributed by atoms with Gasteiger partial charge in [-0.05, 0) is 19.1 Å². The van der Waals surface area contributed by atoms with Crippen molar-refractivity contribution in [3.8, 4) is 0 Å². The number of nitrogens with two attached hydrogens (primary N) is 1. The van der Waals surface area contributed by atoms with Gasteiger partial charge in [0.15, 0.2) is 11.9 Å². The average Bonchev–Trinajstić information content (AvgIpc) is 3.42. The van der Waals surface area contributed by atoms with Crippen molar-refractivity contribution in [2.24, 2.45) is 10.9 Å². The number of β-lactam (4-membered cyclic amide) rings is 1. The van der Waals surface area contributed by atoms with Crippen LogP contribution in [0.15, 0.2) is 39.2 Å². The first kappa shape index (κ1) is 28.5. The molecule has 0 saturated carbocycles. The number of primary amides is 1. The Morgan fingerprint density at radius 1 is 1.26 bits per heavy atom. The summed E-state index contributed by atoms with van der Waals surface area (Å²) in [4.78, 5) is 68.0. The molecule has 4 atom stereocenters. The van der Waals surface area contributed by atoms with Crippen LogP contribution in [0.5, 0.6) is 0 Å². The number of carbonyl (C=O) groups is 5. The van der Waals surface area contributed by atoms with E-state index in [1.165, 1.54) is 52.2 Å². The van der Waals surface area contributed by atoms with Crippen molar-refractivity contribution in [2.75, 3.05) is 26.6 Å². The molecule has 1 aromatic rings. The monoisotopic (exact) mass is 554 g/mol. The predicted octanol–water partition coefficient (Wildman–Crippen LogP) is -0.153. The van der Waals surface area contributed by atoms with Gasteiger partial charge in [-0.15, -0.1) is 11.8 Å². The van der Waals surface area contributed by atoms with E-state index < -0.39 is 60.3 Å². The third-order valence-corrected chi connectivity index (χ3v) is 6.65. The van der Waals surface area contributed by atoms with Gasteiger partial charge in [0.05, 0.1) is 6.26 Å². The molecule has 38 heavy (non-hydrogen) atoms. The Bertz CT molecular complexity index is 1150. The summed E-state index contributed by atoms with van der Waals surface area (Å²) in [5.41, 5.74) is 4.86. The fraction of sp³-hybridized carbons (Fsp3) is 0.455. The molecule has 206 valence electrons. The molecule has 3 amide bonds. The normalized spacial score (nSPS) is 20.5. The Hall–Kier alpha value is -4.05. The molecule has 15 nitrogen and oxygen atoms in total. The van der Waals surface area contributed by atoms with Crippen molar-refractivity contribution in [1.82, 2.24) is 10.2 Å². The molecule has 1 saturated heterocycles. The van der Waals surface area contributed by atoms with E-state index in [2.05, 4.69) is 10.5 Å². The van der Waals surface area contributed by atoms with Crippen LogP contribution in [0.1, 0.15) is 19.6 Å². The van der Waals surface area contributed by atoms with E-state index in [-0.39, 0.29) is 28.5 Å². The first-order valence-electron chi connectivity index (χ1n) is 11.1. The molecule has 0 aliphatic carbocycles. The van der Waals surface area contributed by atoms with E-state index in [9.17, 15) is 24.0 Å². The summed E-state index contributed by atoms with van der Waals surface area (Å²) in [6, 6.07) is 2.00. The second kappa shape index (κ2) is 12.5. The lowest BCUT2D eigenvalue weighted by Crippen LogP contribution is -2.71. The van der Waals surface area contributed by atoms with Crippen LogP contribution in [-0.4, -0.2) is 90.8 Å². The number of rotatable bonds is 11. The maximum Gasteiger partial charge on any atom is 0.404 e. The van der Waals surface area contributed by atoms with E-state index in [1.807, 2.05) is 0 Å². The summed E-state index contributed by atoms with van der Waals surface area (Å²) in [6.45, 7) is 2.36. The lowest BCUT2D eigenvalue weighted by molar-refractivity contribution is -0.190. The maximum atomic E-state index is 13.1. The topological polar surface area (TPSA) is 198 Å². The minimum Gasteiger partial charge on any atom is -0.462 e. The molecule has 1 fully saturated rings. The van der Waals surface area contributed by atoms with Gasteiger partial charge >= 0.3 is 18.0 Å². The van der Waals surface area contributed by atoms with Crippen molar-refractivity contribution in [3.05, 3.63) is 35.4 Å². The molecule has 2 aliphatic heterocycles. The van der Waals surface area contributed by atoms with Gasteiger partial charge < -0.3 is 39.3 Å². The molecular weight excluding hydrogens is 528 g/mol. The third-order valence-electron chi connectivity index (χ3n) is 5.31. The van der Waals surface area contributed by atoms with Gasteiger partial charge in [0, 0.05) is 25.4 Å².